The number of carbonyl (C=O) groups excluding carboxylic acids is 1. The minimum Gasteiger partial charge on any atom is -0.507 e. The van der Waals surface area contributed by atoms with Gasteiger partial charge in [0.2, 0.25) is 0 Å². The van der Waals surface area contributed by atoms with Crippen molar-refractivity contribution in [2.45, 2.75) is 112 Å². The minimum absolute atomic E-state index is 0. The summed E-state index contributed by atoms with van der Waals surface area (Å²) in [5.74, 6) is -0.572. The molecule has 6 aromatic rings. The van der Waals surface area contributed by atoms with Crippen molar-refractivity contribution < 1.29 is 35.1 Å². The lowest BCUT2D eigenvalue weighted by Gasteiger charge is -2.28. The predicted octanol–water partition coefficient (Wildman–Crippen LogP) is 11.3. The van der Waals surface area contributed by atoms with Gasteiger partial charge in [0.25, 0.3) is 5.91 Å². The summed E-state index contributed by atoms with van der Waals surface area (Å²) < 4.78 is 0. The molecular formula is C49H62N4O7. The topological polar surface area (TPSA) is 199 Å². The second kappa shape index (κ2) is 17.9. The molecule has 0 bridgehead atoms. The van der Waals surface area contributed by atoms with Gasteiger partial charge in [0.1, 0.15) is 34.0 Å². The average Bonchev–Trinajstić information content (AvgIpc) is 3.13. The van der Waals surface area contributed by atoms with E-state index in [2.05, 4.69) is 15.3 Å². The van der Waals surface area contributed by atoms with E-state index in [-0.39, 0.29) is 63.6 Å². The lowest BCUT2D eigenvalue weighted by atomic mass is 9.78. The van der Waals surface area contributed by atoms with Crippen LogP contribution in [0.2, 0.25) is 0 Å². The molecule has 8 N–H and O–H groups in total. The van der Waals surface area contributed by atoms with E-state index < -0.39 is 5.97 Å². The van der Waals surface area contributed by atoms with Crippen molar-refractivity contribution in [1.82, 2.24) is 9.97 Å². The van der Waals surface area contributed by atoms with Crippen LogP contribution in [0.1, 0.15) is 133 Å². The molecule has 2 heterocycles. The zero-order valence-corrected chi connectivity index (χ0v) is 36.1. The monoisotopic (exact) mass is 818 g/mol. The first-order chi connectivity index (χ1) is 27.1. The average molecular weight is 819 g/mol. The van der Waals surface area contributed by atoms with Crippen LogP contribution < -0.4 is 11.1 Å². The van der Waals surface area contributed by atoms with Gasteiger partial charge < -0.3 is 36.6 Å². The Kier molecular flexibility index (Phi) is 14.3. The third-order valence-electron chi connectivity index (χ3n) is 9.74. The van der Waals surface area contributed by atoms with Crippen LogP contribution in [-0.2, 0) is 21.7 Å². The molecule has 0 atom stereocenters. The number of carboxylic acid groups (broad SMARTS) is 1. The van der Waals surface area contributed by atoms with Gasteiger partial charge in [-0.1, -0.05) is 90.5 Å². The van der Waals surface area contributed by atoms with Crippen molar-refractivity contribution in [3.8, 4) is 23.0 Å². The summed E-state index contributed by atoms with van der Waals surface area (Å²) in [7, 11) is 0. The van der Waals surface area contributed by atoms with Crippen molar-refractivity contribution >= 4 is 45.1 Å². The van der Waals surface area contributed by atoms with E-state index in [9.17, 15) is 35.1 Å². The number of amides is 1. The normalized spacial score (nSPS) is 11.7. The number of aromatic hydroxyl groups is 4. The summed E-state index contributed by atoms with van der Waals surface area (Å²) in [5, 5.41) is 54.2. The number of anilines is 2. The Labute approximate surface area is 354 Å². The van der Waals surface area contributed by atoms with Crippen LogP contribution in [-0.4, -0.2) is 47.4 Å². The maximum atomic E-state index is 13.1. The maximum Gasteiger partial charge on any atom is 0.335 e. The largest absolute Gasteiger partial charge is 0.507 e. The Morgan fingerprint density at radius 2 is 0.917 bits per heavy atom. The smallest absolute Gasteiger partial charge is 0.335 e. The lowest BCUT2D eigenvalue weighted by molar-refractivity contribution is 0.0696. The summed E-state index contributed by atoms with van der Waals surface area (Å²) in [5.41, 5.74) is 10.1. The molecule has 0 aliphatic rings. The number of nitrogens with zero attached hydrogens (tertiary/aromatic N) is 2. The number of hydrogen-bond donors (Lipinski definition) is 7. The number of hydrogen-bond acceptors (Lipinski definition) is 9. The Morgan fingerprint density at radius 1 is 0.550 bits per heavy atom. The van der Waals surface area contributed by atoms with Gasteiger partial charge in [-0.05, 0) is 94.5 Å². The first-order valence-electron chi connectivity index (χ1n) is 19.3. The molecule has 0 spiro atoms. The van der Waals surface area contributed by atoms with E-state index in [1.807, 2.05) is 89.2 Å². The number of phenolic OH excluding ortho intramolecular Hbond substituents is 4. The number of fused-ring (bicyclic) bond motifs is 2. The molecule has 0 radical (unpaired) electrons. The van der Waals surface area contributed by atoms with E-state index in [0.29, 0.717) is 44.5 Å². The zero-order chi connectivity index (χ0) is 44.4. The summed E-state index contributed by atoms with van der Waals surface area (Å²) in [6.07, 6.45) is 3.22. The molecule has 2 aromatic heterocycles. The molecule has 0 unspecified atom stereocenters. The minimum atomic E-state index is -0.967. The number of pyridine rings is 2. The summed E-state index contributed by atoms with van der Waals surface area (Å²) >= 11 is 0. The molecule has 0 aliphatic heterocycles. The molecule has 60 heavy (non-hydrogen) atoms. The highest BCUT2D eigenvalue weighted by atomic mass is 16.4. The van der Waals surface area contributed by atoms with Crippen molar-refractivity contribution in [1.29, 1.82) is 0 Å². The van der Waals surface area contributed by atoms with Crippen molar-refractivity contribution in [3.63, 3.8) is 0 Å². The van der Waals surface area contributed by atoms with E-state index in [0.717, 1.165) is 16.5 Å². The number of aromatic carboxylic acids is 1. The van der Waals surface area contributed by atoms with E-state index in [1.54, 1.807) is 73.1 Å². The molecule has 0 saturated heterocycles. The number of phenols is 4. The third-order valence-corrected chi connectivity index (χ3v) is 9.74. The number of nitrogens with one attached hydrogen (secondary N) is 1. The molecule has 0 fully saturated rings. The number of aromatic nitrogens is 2. The standard InChI is InChI=1S/C24H28N2O3.C15H22O3.C9H8N2O.CH4/c1-23(2,3)16-12-14(13-17(21(16)28)24(4,5)6)22(29)26-18-9-10-19(27)20-15(18)8-7-11-25-20;1-14(2,3)10-7-9(13(17)18)8-11(12(10)16)15(4,5)6;10-7-3-4-8(12)9-6(7)2-1-5-11-9;/h7-13,27-28H,1-6H3,(H,26,29);7-8,16H,1-6H3,(H,17,18);1-5,12H,10H2;1H4. The maximum absolute atomic E-state index is 13.1. The Balaban J connectivity index is 0.000000263. The molecule has 320 valence electrons. The second-order valence-corrected chi connectivity index (χ2v) is 18.7. The van der Waals surface area contributed by atoms with Gasteiger partial charge in [0.05, 0.1) is 11.3 Å². The highest BCUT2D eigenvalue weighted by Crippen LogP contribution is 2.41. The van der Waals surface area contributed by atoms with E-state index >= 15 is 0 Å². The van der Waals surface area contributed by atoms with E-state index in [1.165, 1.54) is 6.07 Å². The Morgan fingerprint density at radius 3 is 1.30 bits per heavy atom. The Bertz CT molecular complexity index is 2410. The molecule has 11 heteroatoms. The van der Waals surface area contributed by atoms with Gasteiger partial charge in [-0.15, -0.1) is 0 Å². The summed E-state index contributed by atoms with van der Waals surface area (Å²) in [6, 6.07) is 20.2. The molecule has 4 aromatic carbocycles. The summed E-state index contributed by atoms with van der Waals surface area (Å²) in [4.78, 5) is 32.5. The number of carboxylic acids is 1. The van der Waals surface area contributed by atoms with Crippen LogP contribution in [0.5, 0.6) is 23.0 Å². The number of benzene rings is 4. The van der Waals surface area contributed by atoms with Crippen LogP contribution in [0.3, 0.4) is 0 Å². The van der Waals surface area contributed by atoms with Gasteiger partial charge in [-0.25, -0.2) is 4.79 Å². The predicted molar refractivity (Wildman–Crippen MR) is 244 cm³/mol. The van der Waals surface area contributed by atoms with Gasteiger partial charge in [-0.3, -0.25) is 14.8 Å². The lowest BCUT2D eigenvalue weighted by Crippen LogP contribution is -2.20. The quantitative estimate of drug-likeness (QED) is 0.0666. The van der Waals surface area contributed by atoms with Crippen LogP contribution in [0, 0.1) is 0 Å². The van der Waals surface area contributed by atoms with Crippen LogP contribution in [0.4, 0.5) is 11.4 Å². The first kappa shape index (κ1) is 48.0. The van der Waals surface area contributed by atoms with Crippen LogP contribution in [0.25, 0.3) is 21.8 Å². The highest BCUT2D eigenvalue weighted by Gasteiger charge is 2.29. The van der Waals surface area contributed by atoms with Crippen LogP contribution in [0.15, 0.2) is 85.2 Å². The number of nitrogens with two attached hydrogens (primary N) is 1. The molecule has 0 aliphatic carbocycles. The fourth-order valence-corrected chi connectivity index (χ4v) is 6.45. The van der Waals surface area contributed by atoms with E-state index in [4.69, 9.17) is 5.73 Å². The third kappa shape index (κ3) is 11.0. The fourth-order valence-electron chi connectivity index (χ4n) is 6.45. The fraction of sp³-hybridized carbons (Fsp3) is 0.347. The van der Waals surface area contributed by atoms with Crippen molar-refractivity contribution in [2.75, 3.05) is 11.1 Å². The Hall–Kier alpha value is -6.36. The second-order valence-electron chi connectivity index (χ2n) is 18.7. The SMILES string of the molecule is C.CC(C)(C)c1cc(C(=O)Nc2ccc(O)c3ncccc23)cc(C(C)(C)C)c1O.CC(C)(C)c1cc(C(=O)O)cc(C(C)(C)C)c1O.Nc1ccc(O)c2ncccc12. The number of nitrogen functional groups attached to an aromatic ring is 1. The molecule has 0 saturated carbocycles. The molecule has 6 rings (SSSR count). The molecular weight excluding hydrogens is 757 g/mol. The van der Waals surface area contributed by atoms with Crippen molar-refractivity contribution in [3.05, 3.63) is 119 Å². The molecule has 11 nitrogen and oxygen atoms in total. The summed E-state index contributed by atoms with van der Waals surface area (Å²) in [6.45, 7) is 23.8. The van der Waals surface area contributed by atoms with Gasteiger partial charge in [-0.2, -0.15) is 0 Å². The first-order valence-corrected chi connectivity index (χ1v) is 19.3. The number of rotatable bonds is 3. The van der Waals surface area contributed by atoms with Crippen LogP contribution >= 0.6 is 0 Å². The number of carbonyl (C=O) groups is 2. The van der Waals surface area contributed by atoms with Gasteiger partial charge in [0.15, 0.2) is 0 Å². The zero-order valence-electron chi connectivity index (χ0n) is 36.1. The van der Waals surface area contributed by atoms with Crippen molar-refractivity contribution in [2.24, 2.45) is 0 Å². The molecule has 1 amide bonds. The highest BCUT2D eigenvalue weighted by molar-refractivity contribution is 6.09. The van der Waals surface area contributed by atoms with Gasteiger partial charge in [0, 0.05) is 56.7 Å². The van der Waals surface area contributed by atoms with Gasteiger partial charge >= 0.3 is 5.97 Å².